The zero-order chi connectivity index (χ0) is 13.8. The van der Waals surface area contributed by atoms with E-state index in [1.54, 1.807) is 0 Å². The lowest BCUT2D eigenvalue weighted by Crippen LogP contribution is -2.41. The van der Waals surface area contributed by atoms with E-state index in [1.165, 1.54) is 0 Å². The first-order valence-electron chi connectivity index (χ1n) is 6.79. The fourth-order valence-electron chi connectivity index (χ4n) is 2.93. The molecule has 0 bridgehead atoms. The maximum Gasteiger partial charge on any atom is 0.391 e. The number of hydrogen-bond donors (Lipinski definition) is 1. The number of rotatable bonds is 5. The van der Waals surface area contributed by atoms with E-state index in [-0.39, 0.29) is 18.4 Å². The van der Waals surface area contributed by atoms with Crippen molar-refractivity contribution in [3.8, 4) is 0 Å². The van der Waals surface area contributed by atoms with Crippen molar-refractivity contribution in [3.05, 3.63) is 12.2 Å². The Kier molecular flexibility index (Phi) is 5.70. The topological polar surface area (TPSA) is 12.0 Å². The molecule has 106 valence electrons. The normalized spacial score (nSPS) is 26.9. The van der Waals surface area contributed by atoms with Crippen LogP contribution in [-0.2, 0) is 0 Å². The van der Waals surface area contributed by atoms with E-state index in [0.717, 1.165) is 25.0 Å². The first-order chi connectivity index (χ1) is 8.34. The van der Waals surface area contributed by atoms with Crippen LogP contribution < -0.4 is 5.32 Å². The van der Waals surface area contributed by atoms with Gasteiger partial charge < -0.3 is 5.32 Å². The van der Waals surface area contributed by atoms with Crippen molar-refractivity contribution in [2.75, 3.05) is 6.54 Å². The summed E-state index contributed by atoms with van der Waals surface area (Å²) in [5.74, 6) is -0.982. The molecule has 0 aromatic heterocycles. The van der Waals surface area contributed by atoms with E-state index in [4.69, 9.17) is 0 Å². The van der Waals surface area contributed by atoms with Gasteiger partial charge in [-0.25, -0.2) is 0 Å². The molecule has 3 atom stereocenters. The molecule has 1 N–H and O–H groups in total. The molecule has 4 heteroatoms. The van der Waals surface area contributed by atoms with E-state index in [0.29, 0.717) is 12.8 Å². The Morgan fingerprint density at radius 2 is 2.06 bits per heavy atom. The molecule has 1 rings (SSSR count). The van der Waals surface area contributed by atoms with Crippen LogP contribution in [0.15, 0.2) is 12.2 Å². The van der Waals surface area contributed by atoms with Gasteiger partial charge in [-0.05, 0) is 45.1 Å². The molecular formula is C14H24F3N. The SMILES string of the molecule is C=C(C)CC(NCC)C1CCCC(C(F)(F)F)C1. The van der Waals surface area contributed by atoms with Crippen LogP contribution in [0.25, 0.3) is 0 Å². The largest absolute Gasteiger partial charge is 0.391 e. The summed E-state index contributed by atoms with van der Waals surface area (Å²) in [6, 6.07) is 0.151. The maximum absolute atomic E-state index is 12.8. The van der Waals surface area contributed by atoms with Crippen LogP contribution in [0.5, 0.6) is 0 Å². The highest BCUT2D eigenvalue weighted by Gasteiger charge is 2.43. The van der Waals surface area contributed by atoms with E-state index in [2.05, 4.69) is 11.9 Å². The Morgan fingerprint density at radius 3 is 2.56 bits per heavy atom. The van der Waals surface area contributed by atoms with Gasteiger partial charge in [-0.1, -0.05) is 18.9 Å². The summed E-state index contributed by atoms with van der Waals surface area (Å²) in [5.41, 5.74) is 1.04. The van der Waals surface area contributed by atoms with Gasteiger partial charge in [0.1, 0.15) is 0 Å². The van der Waals surface area contributed by atoms with Gasteiger partial charge >= 0.3 is 6.18 Å². The van der Waals surface area contributed by atoms with E-state index in [1.807, 2.05) is 13.8 Å². The average molecular weight is 263 g/mol. The first-order valence-corrected chi connectivity index (χ1v) is 6.79. The summed E-state index contributed by atoms with van der Waals surface area (Å²) in [4.78, 5) is 0. The summed E-state index contributed by atoms with van der Waals surface area (Å²) in [6.45, 7) is 8.61. The smallest absolute Gasteiger partial charge is 0.314 e. The quantitative estimate of drug-likeness (QED) is 0.729. The van der Waals surface area contributed by atoms with Crippen LogP contribution in [-0.4, -0.2) is 18.8 Å². The summed E-state index contributed by atoms with van der Waals surface area (Å²) >= 11 is 0. The Balaban J connectivity index is 2.64. The zero-order valence-electron chi connectivity index (χ0n) is 11.3. The molecule has 1 aliphatic rings. The molecule has 18 heavy (non-hydrogen) atoms. The molecule has 1 aliphatic carbocycles. The van der Waals surface area contributed by atoms with Crippen LogP contribution >= 0.6 is 0 Å². The highest BCUT2D eigenvalue weighted by Crippen LogP contribution is 2.41. The van der Waals surface area contributed by atoms with Gasteiger partial charge in [-0.15, -0.1) is 6.58 Å². The molecule has 0 aromatic carbocycles. The fraction of sp³-hybridized carbons (Fsp3) is 0.857. The van der Waals surface area contributed by atoms with Gasteiger partial charge in [-0.3, -0.25) is 0 Å². The summed E-state index contributed by atoms with van der Waals surface area (Å²) < 4.78 is 38.4. The first kappa shape index (κ1) is 15.5. The molecule has 1 saturated carbocycles. The van der Waals surface area contributed by atoms with Crippen molar-refractivity contribution in [3.63, 3.8) is 0 Å². The van der Waals surface area contributed by atoms with Crippen molar-refractivity contribution in [2.24, 2.45) is 11.8 Å². The molecule has 0 aliphatic heterocycles. The maximum atomic E-state index is 12.8. The lowest BCUT2D eigenvalue weighted by atomic mass is 9.76. The third kappa shape index (κ3) is 4.63. The minimum Gasteiger partial charge on any atom is -0.314 e. The number of halogens is 3. The Labute approximate surface area is 108 Å². The number of alkyl halides is 3. The number of hydrogen-bond acceptors (Lipinski definition) is 1. The Morgan fingerprint density at radius 1 is 1.39 bits per heavy atom. The highest BCUT2D eigenvalue weighted by atomic mass is 19.4. The Hall–Kier alpha value is -0.510. The summed E-state index contributed by atoms with van der Waals surface area (Å²) in [7, 11) is 0. The van der Waals surface area contributed by atoms with Crippen molar-refractivity contribution in [2.45, 2.75) is 58.2 Å². The second-order valence-electron chi connectivity index (χ2n) is 5.49. The monoisotopic (exact) mass is 263 g/mol. The second-order valence-corrected chi connectivity index (χ2v) is 5.49. The third-order valence-electron chi connectivity index (χ3n) is 3.78. The summed E-state index contributed by atoms with van der Waals surface area (Å²) in [6.07, 6.45) is -1.09. The predicted molar refractivity (Wildman–Crippen MR) is 68.4 cm³/mol. The molecule has 0 aromatic rings. The molecular weight excluding hydrogens is 239 g/mol. The Bertz CT molecular complexity index is 273. The molecule has 0 spiro atoms. The van der Waals surface area contributed by atoms with Crippen LogP contribution in [0.2, 0.25) is 0 Å². The van der Waals surface area contributed by atoms with E-state index >= 15 is 0 Å². The molecule has 1 fully saturated rings. The predicted octanol–water partition coefficient (Wildman–Crippen LogP) is 4.30. The van der Waals surface area contributed by atoms with Gasteiger partial charge in [0.2, 0.25) is 0 Å². The molecule has 0 radical (unpaired) electrons. The second kappa shape index (κ2) is 6.60. The molecule has 0 amide bonds. The van der Waals surface area contributed by atoms with Crippen molar-refractivity contribution in [1.82, 2.24) is 5.32 Å². The molecule has 1 nitrogen and oxygen atoms in total. The van der Waals surface area contributed by atoms with Crippen LogP contribution in [0.3, 0.4) is 0 Å². The third-order valence-corrected chi connectivity index (χ3v) is 3.78. The minimum absolute atomic E-state index is 0.127. The lowest BCUT2D eigenvalue weighted by molar-refractivity contribution is -0.186. The van der Waals surface area contributed by atoms with E-state index in [9.17, 15) is 13.2 Å². The highest BCUT2D eigenvalue weighted by molar-refractivity contribution is 4.96. The molecule has 0 heterocycles. The van der Waals surface area contributed by atoms with Gasteiger partial charge in [-0.2, -0.15) is 13.2 Å². The van der Waals surface area contributed by atoms with Crippen molar-refractivity contribution < 1.29 is 13.2 Å². The van der Waals surface area contributed by atoms with Crippen molar-refractivity contribution >= 4 is 0 Å². The number of nitrogens with one attached hydrogen (secondary N) is 1. The average Bonchev–Trinajstić information content (AvgIpc) is 2.27. The van der Waals surface area contributed by atoms with Gasteiger partial charge in [0.25, 0.3) is 0 Å². The van der Waals surface area contributed by atoms with Gasteiger partial charge in [0.05, 0.1) is 5.92 Å². The standard InChI is InChI=1S/C14H24F3N/c1-4-18-13(8-10(2)3)11-6-5-7-12(9-11)14(15,16)17/h11-13,18H,2,4-9H2,1,3H3. The van der Waals surface area contributed by atoms with E-state index < -0.39 is 12.1 Å². The zero-order valence-corrected chi connectivity index (χ0v) is 11.3. The van der Waals surface area contributed by atoms with Gasteiger partial charge in [0, 0.05) is 6.04 Å². The molecule has 3 unspecified atom stereocenters. The minimum atomic E-state index is -4.03. The van der Waals surface area contributed by atoms with Gasteiger partial charge in [0.15, 0.2) is 0 Å². The lowest BCUT2D eigenvalue weighted by Gasteiger charge is -2.36. The van der Waals surface area contributed by atoms with Crippen LogP contribution in [0.4, 0.5) is 13.2 Å². The fourth-order valence-corrected chi connectivity index (χ4v) is 2.93. The van der Waals surface area contributed by atoms with Crippen LogP contribution in [0, 0.1) is 11.8 Å². The summed E-state index contributed by atoms with van der Waals surface area (Å²) in [5, 5.41) is 3.33. The molecule has 0 saturated heterocycles. The van der Waals surface area contributed by atoms with Crippen LogP contribution in [0.1, 0.15) is 46.0 Å². The van der Waals surface area contributed by atoms with Crippen molar-refractivity contribution in [1.29, 1.82) is 0 Å².